The molecule has 0 aliphatic rings. The normalized spacial score (nSPS) is 10.2. The maximum Gasteiger partial charge on any atom is 0.338 e. The van der Waals surface area contributed by atoms with E-state index >= 15 is 0 Å². The molecule has 0 bridgehead atoms. The van der Waals surface area contributed by atoms with Gasteiger partial charge in [0.2, 0.25) is 5.88 Å². The predicted octanol–water partition coefficient (Wildman–Crippen LogP) is 3.01. The van der Waals surface area contributed by atoms with Gasteiger partial charge in [0.25, 0.3) is 5.56 Å². The van der Waals surface area contributed by atoms with Gasteiger partial charge >= 0.3 is 5.97 Å². The van der Waals surface area contributed by atoms with Crippen LogP contribution in [0.15, 0.2) is 46.5 Å². The van der Waals surface area contributed by atoms with E-state index in [0.29, 0.717) is 22.2 Å². The number of ether oxygens (including phenoxy) is 3. The summed E-state index contributed by atoms with van der Waals surface area (Å²) in [5.41, 5.74) is 0.412. The van der Waals surface area contributed by atoms with E-state index in [1.807, 2.05) is 6.07 Å². The van der Waals surface area contributed by atoms with E-state index in [1.54, 1.807) is 24.5 Å². The second kappa shape index (κ2) is 9.11. The van der Waals surface area contributed by atoms with Gasteiger partial charge in [-0.15, -0.1) is 0 Å². The number of rotatable bonds is 6. The molecule has 1 aromatic carbocycles. The van der Waals surface area contributed by atoms with Crippen molar-refractivity contribution in [1.82, 2.24) is 15.0 Å². The highest BCUT2D eigenvalue weighted by Crippen LogP contribution is 2.35. The Bertz CT molecular complexity index is 1200. The fourth-order valence-corrected chi connectivity index (χ4v) is 2.96. The average Bonchev–Trinajstić information content (AvgIpc) is 2.78. The van der Waals surface area contributed by atoms with Crippen molar-refractivity contribution in [3.63, 3.8) is 0 Å². The van der Waals surface area contributed by atoms with Crippen molar-refractivity contribution >= 4 is 17.7 Å². The lowest BCUT2D eigenvalue weighted by molar-refractivity contribution is 0.0600. The number of nitrogens with one attached hydrogen (secondary N) is 1. The van der Waals surface area contributed by atoms with E-state index in [0.717, 1.165) is 0 Å². The standard InChI is InChI=1S/C20H16N4O5S/c1-27-15-8-11(17-13(10-21)18(25)24-20(23-17)30-3)4-5-14(15)29-16-9-12(6-7-22-16)19(26)28-2/h4-9H,1-3H3,(H,23,24,25). The number of esters is 1. The molecular formula is C20H16N4O5S. The molecular weight excluding hydrogens is 408 g/mol. The van der Waals surface area contributed by atoms with E-state index < -0.39 is 11.5 Å². The van der Waals surface area contributed by atoms with Gasteiger partial charge in [-0.25, -0.2) is 14.8 Å². The zero-order chi connectivity index (χ0) is 21.7. The van der Waals surface area contributed by atoms with Crippen LogP contribution in [0.5, 0.6) is 17.4 Å². The number of carbonyl (C=O) groups excluding carboxylic acids is 1. The summed E-state index contributed by atoms with van der Waals surface area (Å²) in [6.07, 6.45) is 3.19. The molecule has 1 N–H and O–H groups in total. The fourth-order valence-electron chi connectivity index (χ4n) is 2.58. The van der Waals surface area contributed by atoms with E-state index in [4.69, 9.17) is 14.2 Å². The third-order valence-electron chi connectivity index (χ3n) is 4.01. The monoisotopic (exact) mass is 424 g/mol. The fraction of sp³-hybridized carbons (Fsp3) is 0.150. The predicted molar refractivity (Wildman–Crippen MR) is 109 cm³/mol. The van der Waals surface area contributed by atoms with Gasteiger partial charge in [0, 0.05) is 17.8 Å². The van der Waals surface area contributed by atoms with Crippen LogP contribution in [-0.2, 0) is 4.74 Å². The summed E-state index contributed by atoms with van der Waals surface area (Å²) in [5.74, 6) is 0.304. The Balaban J connectivity index is 2.01. The van der Waals surface area contributed by atoms with Crippen LogP contribution in [0.25, 0.3) is 11.3 Å². The highest BCUT2D eigenvalue weighted by atomic mass is 32.2. The average molecular weight is 424 g/mol. The first-order valence-corrected chi connectivity index (χ1v) is 9.72. The van der Waals surface area contributed by atoms with Gasteiger partial charge in [0.05, 0.1) is 25.5 Å². The van der Waals surface area contributed by atoms with Crippen LogP contribution in [0.4, 0.5) is 0 Å². The molecule has 3 rings (SSSR count). The lowest BCUT2D eigenvalue weighted by Gasteiger charge is -2.12. The number of aromatic nitrogens is 3. The molecule has 2 heterocycles. The number of aromatic amines is 1. The number of methoxy groups -OCH3 is 2. The van der Waals surface area contributed by atoms with Crippen molar-refractivity contribution in [2.24, 2.45) is 0 Å². The molecule has 0 spiro atoms. The first-order valence-electron chi connectivity index (χ1n) is 8.49. The summed E-state index contributed by atoms with van der Waals surface area (Å²) in [4.78, 5) is 34.8. The van der Waals surface area contributed by atoms with Crippen molar-refractivity contribution in [3.8, 4) is 34.7 Å². The highest BCUT2D eigenvalue weighted by Gasteiger charge is 2.16. The Hall–Kier alpha value is -3.84. The quantitative estimate of drug-likeness (QED) is 0.361. The van der Waals surface area contributed by atoms with Crippen molar-refractivity contribution in [1.29, 1.82) is 5.26 Å². The number of benzene rings is 1. The lowest BCUT2D eigenvalue weighted by atomic mass is 10.1. The summed E-state index contributed by atoms with van der Waals surface area (Å²) in [6.45, 7) is 0. The van der Waals surface area contributed by atoms with Crippen LogP contribution in [0.3, 0.4) is 0 Å². The number of nitriles is 1. The van der Waals surface area contributed by atoms with Crippen LogP contribution in [-0.4, -0.2) is 41.4 Å². The number of hydrogen-bond donors (Lipinski definition) is 1. The number of carbonyl (C=O) groups is 1. The Labute approximate surface area is 175 Å². The maximum absolute atomic E-state index is 12.2. The van der Waals surface area contributed by atoms with Crippen molar-refractivity contribution in [2.45, 2.75) is 5.16 Å². The third-order valence-corrected chi connectivity index (χ3v) is 4.59. The van der Waals surface area contributed by atoms with Crippen LogP contribution >= 0.6 is 11.8 Å². The van der Waals surface area contributed by atoms with Crippen LogP contribution in [0, 0.1) is 11.3 Å². The number of pyridine rings is 1. The first-order chi connectivity index (χ1) is 14.5. The topological polar surface area (TPSA) is 127 Å². The molecule has 0 aliphatic carbocycles. The molecule has 0 saturated carbocycles. The Morgan fingerprint density at radius 1 is 1.20 bits per heavy atom. The van der Waals surface area contributed by atoms with Crippen molar-refractivity contribution in [3.05, 3.63) is 58.0 Å². The lowest BCUT2D eigenvalue weighted by Crippen LogP contribution is -2.14. The summed E-state index contributed by atoms with van der Waals surface area (Å²) in [7, 11) is 2.74. The molecule has 10 heteroatoms. The molecule has 3 aromatic rings. The molecule has 0 radical (unpaired) electrons. The van der Waals surface area contributed by atoms with Crippen LogP contribution < -0.4 is 15.0 Å². The van der Waals surface area contributed by atoms with Gasteiger partial charge in [-0.2, -0.15) is 5.26 Å². The highest BCUT2D eigenvalue weighted by molar-refractivity contribution is 7.98. The molecule has 2 aromatic heterocycles. The van der Waals surface area contributed by atoms with Gasteiger partial charge in [0.15, 0.2) is 16.7 Å². The molecule has 0 atom stereocenters. The molecule has 152 valence electrons. The van der Waals surface area contributed by atoms with Gasteiger partial charge in [-0.3, -0.25) is 4.79 Å². The summed E-state index contributed by atoms with van der Waals surface area (Å²) < 4.78 is 15.8. The molecule has 0 unspecified atom stereocenters. The number of hydrogen-bond acceptors (Lipinski definition) is 9. The summed E-state index contributed by atoms with van der Waals surface area (Å²) in [5, 5.41) is 9.76. The minimum atomic E-state index is -0.519. The largest absolute Gasteiger partial charge is 0.493 e. The molecule has 0 fully saturated rings. The van der Waals surface area contributed by atoms with Crippen LogP contribution in [0.1, 0.15) is 15.9 Å². The summed E-state index contributed by atoms with van der Waals surface area (Å²) in [6, 6.07) is 9.68. The first kappa shape index (κ1) is 20.9. The second-order valence-electron chi connectivity index (χ2n) is 5.75. The third kappa shape index (κ3) is 4.26. The Morgan fingerprint density at radius 3 is 2.67 bits per heavy atom. The van der Waals surface area contributed by atoms with E-state index in [1.165, 1.54) is 44.3 Å². The molecule has 0 saturated heterocycles. The van der Waals surface area contributed by atoms with Gasteiger partial charge < -0.3 is 19.2 Å². The van der Waals surface area contributed by atoms with Crippen molar-refractivity contribution < 1.29 is 19.0 Å². The summed E-state index contributed by atoms with van der Waals surface area (Å²) >= 11 is 1.25. The van der Waals surface area contributed by atoms with Gasteiger partial charge in [0.1, 0.15) is 11.6 Å². The zero-order valence-corrected chi connectivity index (χ0v) is 17.1. The number of nitrogens with zero attached hydrogens (tertiary/aromatic N) is 3. The SMILES string of the molecule is COC(=O)c1ccnc(Oc2ccc(-c3nc(SC)[nH]c(=O)c3C#N)cc2OC)c1. The second-order valence-corrected chi connectivity index (χ2v) is 6.55. The maximum atomic E-state index is 12.2. The van der Waals surface area contributed by atoms with E-state index in [-0.39, 0.29) is 22.7 Å². The van der Waals surface area contributed by atoms with E-state index in [9.17, 15) is 14.9 Å². The molecule has 30 heavy (non-hydrogen) atoms. The number of thioether (sulfide) groups is 1. The van der Waals surface area contributed by atoms with E-state index in [2.05, 4.69) is 15.0 Å². The minimum Gasteiger partial charge on any atom is -0.493 e. The Morgan fingerprint density at radius 2 is 2.00 bits per heavy atom. The van der Waals surface area contributed by atoms with Crippen LogP contribution in [0.2, 0.25) is 0 Å². The molecule has 0 aliphatic heterocycles. The Kier molecular flexibility index (Phi) is 6.34. The van der Waals surface area contributed by atoms with Gasteiger partial charge in [-0.1, -0.05) is 11.8 Å². The van der Waals surface area contributed by atoms with Crippen molar-refractivity contribution in [2.75, 3.05) is 20.5 Å². The number of H-pyrrole nitrogens is 1. The van der Waals surface area contributed by atoms with Gasteiger partial charge in [-0.05, 0) is 30.5 Å². The molecule has 0 amide bonds. The smallest absolute Gasteiger partial charge is 0.338 e. The minimum absolute atomic E-state index is 0.101. The zero-order valence-electron chi connectivity index (χ0n) is 16.3. The molecule has 9 nitrogen and oxygen atoms in total.